The molecule has 4 nitrogen and oxygen atoms in total. The lowest BCUT2D eigenvalue weighted by molar-refractivity contribution is 0.0952. The highest BCUT2D eigenvalue weighted by molar-refractivity contribution is 6.30. The maximum absolute atomic E-state index is 12.6. The van der Waals surface area contributed by atoms with Crippen LogP contribution < -0.4 is 10.9 Å². The summed E-state index contributed by atoms with van der Waals surface area (Å²) in [5.41, 5.74) is 1.89. The number of hydrogen-bond acceptors (Lipinski definition) is 2. The Kier molecular flexibility index (Phi) is 5.87. The molecule has 3 rings (SSSR count). The van der Waals surface area contributed by atoms with E-state index in [1.54, 1.807) is 22.9 Å². The van der Waals surface area contributed by atoms with Gasteiger partial charge in [0.2, 0.25) is 0 Å². The summed E-state index contributed by atoms with van der Waals surface area (Å²) in [6.07, 6.45) is 2.34. The highest BCUT2D eigenvalue weighted by Gasteiger charge is 2.11. The maximum atomic E-state index is 12.6. The molecule has 2 aromatic carbocycles. The zero-order valence-electron chi connectivity index (χ0n) is 14.2. The molecule has 0 spiro atoms. The van der Waals surface area contributed by atoms with Crippen LogP contribution in [0.4, 0.5) is 0 Å². The molecule has 0 aliphatic rings. The molecule has 0 unspecified atom stereocenters. The van der Waals surface area contributed by atoms with Gasteiger partial charge in [-0.25, -0.2) is 0 Å². The van der Waals surface area contributed by atoms with Crippen LogP contribution in [0.1, 0.15) is 21.5 Å². The number of halogens is 1. The molecular formula is C21H19ClN2O2. The van der Waals surface area contributed by atoms with Gasteiger partial charge in [0.15, 0.2) is 0 Å². The number of hydrogen-bond donors (Lipinski definition) is 1. The molecule has 1 N–H and O–H groups in total. The Labute approximate surface area is 157 Å². The molecule has 0 aliphatic carbocycles. The van der Waals surface area contributed by atoms with E-state index in [2.05, 4.69) is 5.32 Å². The zero-order chi connectivity index (χ0) is 18.4. The number of nitrogens with one attached hydrogen (secondary N) is 1. The molecule has 5 heteroatoms. The lowest BCUT2D eigenvalue weighted by atomic mass is 10.1. The maximum Gasteiger partial charge on any atom is 0.263 e. The van der Waals surface area contributed by atoms with Crippen LogP contribution in [0.5, 0.6) is 0 Å². The van der Waals surface area contributed by atoms with Crippen LogP contribution in [0, 0.1) is 0 Å². The van der Waals surface area contributed by atoms with Gasteiger partial charge in [-0.1, -0.05) is 54.1 Å². The zero-order valence-corrected chi connectivity index (χ0v) is 14.9. The summed E-state index contributed by atoms with van der Waals surface area (Å²) in [7, 11) is 0. The third-order valence-corrected chi connectivity index (χ3v) is 4.28. The number of pyridine rings is 1. The number of carbonyl (C=O) groups excluding carboxylic acids is 1. The number of rotatable bonds is 6. The SMILES string of the molecule is O=C(NCCc1cccc(Cl)c1)c1cccn(Cc2ccccc2)c1=O. The lowest BCUT2D eigenvalue weighted by Gasteiger charge is -2.09. The fraction of sp³-hybridized carbons (Fsp3) is 0.143. The number of carbonyl (C=O) groups is 1. The van der Waals surface area contributed by atoms with Crippen molar-refractivity contribution < 1.29 is 4.79 Å². The fourth-order valence-corrected chi connectivity index (χ4v) is 2.94. The van der Waals surface area contributed by atoms with Crippen molar-refractivity contribution in [1.29, 1.82) is 0 Å². The number of amides is 1. The predicted octanol–water partition coefficient (Wildman–Crippen LogP) is 3.52. The first-order chi connectivity index (χ1) is 12.6. The first-order valence-corrected chi connectivity index (χ1v) is 8.77. The summed E-state index contributed by atoms with van der Waals surface area (Å²) >= 11 is 5.96. The van der Waals surface area contributed by atoms with E-state index in [0.717, 1.165) is 11.1 Å². The fourth-order valence-electron chi connectivity index (χ4n) is 2.72. The van der Waals surface area contributed by atoms with Gasteiger partial charge in [-0.3, -0.25) is 9.59 Å². The van der Waals surface area contributed by atoms with Gasteiger partial charge in [0, 0.05) is 17.8 Å². The quantitative estimate of drug-likeness (QED) is 0.725. The van der Waals surface area contributed by atoms with Gasteiger partial charge >= 0.3 is 0 Å². The van der Waals surface area contributed by atoms with Crippen LogP contribution >= 0.6 is 11.6 Å². The van der Waals surface area contributed by atoms with Crippen LogP contribution in [0.25, 0.3) is 0 Å². The second kappa shape index (κ2) is 8.50. The Morgan fingerprint density at radius 1 is 0.962 bits per heavy atom. The van der Waals surface area contributed by atoms with Crippen LogP contribution in [0.15, 0.2) is 77.7 Å². The normalized spacial score (nSPS) is 10.5. The van der Waals surface area contributed by atoms with E-state index in [-0.39, 0.29) is 17.0 Å². The van der Waals surface area contributed by atoms with Gasteiger partial charge in [0.05, 0.1) is 6.54 Å². The van der Waals surface area contributed by atoms with Gasteiger partial charge in [-0.2, -0.15) is 0 Å². The third-order valence-electron chi connectivity index (χ3n) is 4.05. The van der Waals surface area contributed by atoms with E-state index in [9.17, 15) is 9.59 Å². The number of benzene rings is 2. The van der Waals surface area contributed by atoms with Crippen LogP contribution in [-0.4, -0.2) is 17.0 Å². The second-order valence-corrected chi connectivity index (χ2v) is 6.41. The van der Waals surface area contributed by atoms with E-state index in [4.69, 9.17) is 11.6 Å². The molecular weight excluding hydrogens is 348 g/mol. The Bertz CT molecular complexity index is 951. The summed E-state index contributed by atoms with van der Waals surface area (Å²) in [4.78, 5) is 25.0. The predicted molar refractivity (Wildman–Crippen MR) is 104 cm³/mol. The van der Waals surface area contributed by atoms with Crippen molar-refractivity contribution in [3.63, 3.8) is 0 Å². The lowest BCUT2D eigenvalue weighted by Crippen LogP contribution is -2.33. The Morgan fingerprint density at radius 3 is 2.50 bits per heavy atom. The first kappa shape index (κ1) is 18.0. The second-order valence-electron chi connectivity index (χ2n) is 5.98. The minimum Gasteiger partial charge on any atom is -0.352 e. The summed E-state index contributed by atoms with van der Waals surface area (Å²) in [6.45, 7) is 0.871. The molecule has 1 heterocycles. The van der Waals surface area contributed by atoms with E-state index in [0.29, 0.717) is 24.5 Å². The van der Waals surface area contributed by atoms with Crippen molar-refractivity contribution in [2.75, 3.05) is 6.54 Å². The molecule has 0 bridgehead atoms. The summed E-state index contributed by atoms with van der Waals surface area (Å²) in [5, 5.41) is 3.47. The van der Waals surface area contributed by atoms with Gasteiger partial charge in [0.25, 0.3) is 11.5 Å². The minimum atomic E-state index is -0.362. The van der Waals surface area contributed by atoms with Crippen LogP contribution in [-0.2, 0) is 13.0 Å². The molecule has 0 aliphatic heterocycles. The molecule has 26 heavy (non-hydrogen) atoms. The average molecular weight is 367 g/mol. The first-order valence-electron chi connectivity index (χ1n) is 8.39. The minimum absolute atomic E-state index is 0.148. The summed E-state index contributed by atoms with van der Waals surface area (Å²) in [5.74, 6) is -0.362. The highest BCUT2D eigenvalue weighted by Crippen LogP contribution is 2.10. The summed E-state index contributed by atoms with van der Waals surface area (Å²) < 4.78 is 1.54. The van der Waals surface area contributed by atoms with Crippen molar-refractivity contribution in [2.24, 2.45) is 0 Å². The smallest absolute Gasteiger partial charge is 0.263 e. The molecule has 0 atom stereocenters. The molecule has 0 saturated heterocycles. The summed E-state index contributed by atoms with van der Waals surface area (Å²) in [6, 6.07) is 20.4. The Hall–Kier alpha value is -2.85. The van der Waals surface area contributed by atoms with Gasteiger partial charge in [-0.15, -0.1) is 0 Å². The Balaban J connectivity index is 1.66. The van der Waals surface area contributed by atoms with E-state index in [1.165, 1.54) is 0 Å². The van der Waals surface area contributed by atoms with E-state index in [1.807, 2.05) is 54.6 Å². The van der Waals surface area contributed by atoms with Crippen molar-refractivity contribution in [3.8, 4) is 0 Å². The van der Waals surface area contributed by atoms with Crippen LogP contribution in [0.3, 0.4) is 0 Å². The van der Waals surface area contributed by atoms with Gasteiger partial charge in [0.1, 0.15) is 5.56 Å². The highest BCUT2D eigenvalue weighted by atomic mass is 35.5. The molecule has 0 radical (unpaired) electrons. The Morgan fingerprint density at radius 2 is 1.73 bits per heavy atom. The van der Waals surface area contributed by atoms with Crippen molar-refractivity contribution in [1.82, 2.24) is 9.88 Å². The number of aromatic nitrogens is 1. The van der Waals surface area contributed by atoms with Gasteiger partial charge < -0.3 is 9.88 Å². The standard InChI is InChI=1S/C21H19ClN2O2/c22-18-9-4-8-16(14-18)11-12-23-20(25)19-10-5-13-24(21(19)26)15-17-6-2-1-3-7-17/h1-10,13-14H,11-12,15H2,(H,23,25). The monoisotopic (exact) mass is 366 g/mol. The van der Waals surface area contributed by atoms with Crippen molar-refractivity contribution in [3.05, 3.63) is 105 Å². The van der Waals surface area contributed by atoms with E-state index >= 15 is 0 Å². The molecule has 0 saturated carbocycles. The molecule has 132 valence electrons. The van der Waals surface area contributed by atoms with Gasteiger partial charge in [-0.05, 0) is 41.8 Å². The average Bonchev–Trinajstić information content (AvgIpc) is 2.64. The molecule has 1 aromatic heterocycles. The molecule has 0 fully saturated rings. The van der Waals surface area contributed by atoms with Crippen LogP contribution in [0.2, 0.25) is 5.02 Å². The van der Waals surface area contributed by atoms with E-state index < -0.39 is 0 Å². The largest absolute Gasteiger partial charge is 0.352 e. The topological polar surface area (TPSA) is 51.1 Å². The third kappa shape index (κ3) is 4.61. The molecule has 3 aromatic rings. The number of nitrogens with zero attached hydrogens (tertiary/aromatic N) is 1. The molecule has 1 amide bonds. The van der Waals surface area contributed by atoms with Crippen molar-refractivity contribution >= 4 is 17.5 Å². The van der Waals surface area contributed by atoms with Crippen molar-refractivity contribution in [2.45, 2.75) is 13.0 Å².